The predicted molar refractivity (Wildman–Crippen MR) is 116 cm³/mol. The SMILES string of the molecule is C/C(=N/NC(=O)[C@@H]1CC1(c1ccccc1)c1ccccc1)c1cccc(Br)c1. The van der Waals surface area contributed by atoms with Crippen LogP contribution in [0.5, 0.6) is 0 Å². The van der Waals surface area contributed by atoms with Crippen molar-refractivity contribution in [3.63, 3.8) is 0 Å². The van der Waals surface area contributed by atoms with Crippen LogP contribution in [0.1, 0.15) is 30.0 Å². The maximum Gasteiger partial charge on any atom is 0.244 e. The van der Waals surface area contributed by atoms with Crippen molar-refractivity contribution in [3.8, 4) is 0 Å². The summed E-state index contributed by atoms with van der Waals surface area (Å²) in [5.41, 5.74) is 6.62. The Bertz CT molecular complexity index is 976. The van der Waals surface area contributed by atoms with E-state index in [2.05, 4.69) is 50.7 Å². The summed E-state index contributed by atoms with van der Waals surface area (Å²) in [5.74, 6) is -0.168. The molecule has 1 atom stereocenters. The van der Waals surface area contributed by atoms with E-state index >= 15 is 0 Å². The van der Waals surface area contributed by atoms with Crippen LogP contribution in [0, 0.1) is 5.92 Å². The molecule has 0 unspecified atom stereocenters. The van der Waals surface area contributed by atoms with Crippen molar-refractivity contribution in [2.75, 3.05) is 0 Å². The van der Waals surface area contributed by atoms with Crippen LogP contribution in [0.25, 0.3) is 0 Å². The minimum atomic E-state index is -0.272. The zero-order chi connectivity index (χ0) is 19.6. The Labute approximate surface area is 173 Å². The first-order chi connectivity index (χ1) is 13.6. The third-order valence-electron chi connectivity index (χ3n) is 5.43. The molecule has 1 aliphatic rings. The van der Waals surface area contributed by atoms with Gasteiger partial charge in [0.1, 0.15) is 0 Å². The molecule has 0 spiro atoms. The van der Waals surface area contributed by atoms with Crippen LogP contribution in [0.3, 0.4) is 0 Å². The van der Waals surface area contributed by atoms with E-state index in [0.29, 0.717) is 0 Å². The molecule has 140 valence electrons. The van der Waals surface area contributed by atoms with Crippen molar-refractivity contribution in [1.29, 1.82) is 0 Å². The lowest BCUT2D eigenvalue weighted by molar-refractivity contribution is -0.122. The third kappa shape index (κ3) is 3.52. The molecule has 0 aliphatic heterocycles. The van der Waals surface area contributed by atoms with Gasteiger partial charge >= 0.3 is 0 Å². The fourth-order valence-electron chi connectivity index (χ4n) is 3.85. The third-order valence-corrected chi connectivity index (χ3v) is 5.92. The summed E-state index contributed by atoms with van der Waals surface area (Å²) < 4.78 is 0.986. The van der Waals surface area contributed by atoms with Gasteiger partial charge in [0.15, 0.2) is 0 Å². The van der Waals surface area contributed by atoms with Crippen LogP contribution in [0.2, 0.25) is 0 Å². The number of nitrogens with one attached hydrogen (secondary N) is 1. The summed E-state index contributed by atoms with van der Waals surface area (Å²) in [6, 6.07) is 28.4. The maximum atomic E-state index is 12.9. The standard InChI is InChI=1S/C24H21BrN2O/c1-17(18-9-8-14-21(25)15-18)26-27-23(28)22-16-24(22,19-10-4-2-5-11-19)20-12-6-3-7-13-20/h2-15,22H,16H2,1H3,(H,27,28)/b26-17-/t22-/m0/s1. The highest BCUT2D eigenvalue weighted by Gasteiger charge is 2.60. The first-order valence-corrected chi connectivity index (χ1v) is 10.1. The number of halogens is 1. The highest BCUT2D eigenvalue weighted by atomic mass is 79.9. The Morgan fingerprint density at radius 1 is 0.964 bits per heavy atom. The van der Waals surface area contributed by atoms with Gasteiger partial charge in [-0.2, -0.15) is 5.10 Å². The summed E-state index contributed by atoms with van der Waals surface area (Å²) in [5, 5.41) is 4.35. The predicted octanol–water partition coefficient (Wildman–Crippen LogP) is 5.30. The van der Waals surface area contributed by atoms with E-state index in [9.17, 15) is 4.79 Å². The van der Waals surface area contributed by atoms with Crippen LogP contribution < -0.4 is 5.43 Å². The number of benzene rings is 3. The van der Waals surface area contributed by atoms with Gasteiger partial charge in [0, 0.05) is 9.89 Å². The fraction of sp³-hybridized carbons (Fsp3) is 0.167. The normalized spacial score (nSPS) is 17.8. The fourth-order valence-corrected chi connectivity index (χ4v) is 4.25. The van der Waals surface area contributed by atoms with Gasteiger partial charge in [0.05, 0.1) is 11.6 Å². The Morgan fingerprint density at radius 3 is 2.14 bits per heavy atom. The van der Waals surface area contributed by atoms with Gasteiger partial charge in [-0.05, 0) is 42.2 Å². The number of carbonyl (C=O) groups excluding carboxylic acids is 1. The van der Waals surface area contributed by atoms with E-state index in [-0.39, 0.29) is 17.2 Å². The summed E-state index contributed by atoms with van der Waals surface area (Å²) in [6.07, 6.45) is 0.790. The van der Waals surface area contributed by atoms with Crippen molar-refractivity contribution in [1.82, 2.24) is 5.43 Å². The first-order valence-electron chi connectivity index (χ1n) is 9.32. The molecule has 28 heavy (non-hydrogen) atoms. The van der Waals surface area contributed by atoms with Crippen LogP contribution in [0.15, 0.2) is 94.5 Å². The molecule has 0 saturated heterocycles. The lowest BCUT2D eigenvalue weighted by Crippen LogP contribution is -2.26. The van der Waals surface area contributed by atoms with Crippen LogP contribution in [-0.2, 0) is 10.2 Å². The maximum absolute atomic E-state index is 12.9. The van der Waals surface area contributed by atoms with Gasteiger partial charge in [0.25, 0.3) is 0 Å². The van der Waals surface area contributed by atoms with Crippen molar-refractivity contribution < 1.29 is 4.79 Å². The molecule has 1 saturated carbocycles. The highest BCUT2D eigenvalue weighted by Crippen LogP contribution is 2.58. The molecule has 0 aromatic heterocycles. The smallest absolute Gasteiger partial charge is 0.244 e. The van der Waals surface area contributed by atoms with Crippen LogP contribution in [0.4, 0.5) is 0 Å². The van der Waals surface area contributed by atoms with Crippen molar-refractivity contribution in [2.24, 2.45) is 11.0 Å². The number of nitrogens with zero attached hydrogens (tertiary/aromatic N) is 1. The van der Waals surface area contributed by atoms with E-state index in [1.54, 1.807) is 0 Å². The van der Waals surface area contributed by atoms with Crippen molar-refractivity contribution in [3.05, 3.63) is 106 Å². The quantitative estimate of drug-likeness (QED) is 0.431. The molecule has 0 radical (unpaired) electrons. The highest BCUT2D eigenvalue weighted by molar-refractivity contribution is 9.10. The Morgan fingerprint density at radius 2 is 1.57 bits per heavy atom. The zero-order valence-electron chi connectivity index (χ0n) is 15.6. The van der Waals surface area contributed by atoms with Gasteiger partial charge < -0.3 is 0 Å². The van der Waals surface area contributed by atoms with E-state index in [1.807, 2.05) is 67.6 Å². The Hall–Kier alpha value is -2.72. The van der Waals surface area contributed by atoms with Gasteiger partial charge in [-0.25, -0.2) is 5.43 Å². The van der Waals surface area contributed by atoms with E-state index in [0.717, 1.165) is 22.2 Å². The van der Waals surface area contributed by atoms with Crippen molar-refractivity contribution >= 4 is 27.5 Å². The number of amides is 1. The molecular weight excluding hydrogens is 412 g/mol. The number of hydrazone groups is 1. The average molecular weight is 433 g/mol. The van der Waals surface area contributed by atoms with Gasteiger partial charge in [-0.1, -0.05) is 88.7 Å². The minimum Gasteiger partial charge on any atom is -0.273 e. The number of rotatable bonds is 5. The second-order valence-corrected chi connectivity index (χ2v) is 8.06. The first kappa shape index (κ1) is 18.6. The van der Waals surface area contributed by atoms with Gasteiger partial charge in [-0.15, -0.1) is 0 Å². The molecule has 1 amide bonds. The van der Waals surface area contributed by atoms with Crippen LogP contribution in [-0.4, -0.2) is 11.6 Å². The number of hydrogen-bond donors (Lipinski definition) is 1. The van der Waals surface area contributed by atoms with Crippen LogP contribution >= 0.6 is 15.9 Å². The molecule has 0 heterocycles. The Kier molecular flexibility index (Phi) is 5.14. The lowest BCUT2D eigenvalue weighted by atomic mass is 9.85. The van der Waals surface area contributed by atoms with Crippen molar-refractivity contribution in [2.45, 2.75) is 18.8 Å². The number of hydrogen-bond acceptors (Lipinski definition) is 2. The summed E-state index contributed by atoms with van der Waals surface area (Å²) in [4.78, 5) is 12.9. The molecule has 0 bridgehead atoms. The molecule has 1 N–H and O–H groups in total. The van der Waals surface area contributed by atoms with Gasteiger partial charge in [0.2, 0.25) is 5.91 Å². The van der Waals surface area contributed by atoms with E-state index in [4.69, 9.17) is 0 Å². The Balaban J connectivity index is 1.57. The molecule has 3 nitrogen and oxygen atoms in total. The molecule has 1 fully saturated rings. The molecule has 3 aromatic rings. The molecule has 1 aliphatic carbocycles. The summed E-state index contributed by atoms with van der Waals surface area (Å²) in [6.45, 7) is 1.90. The van der Waals surface area contributed by atoms with E-state index in [1.165, 1.54) is 11.1 Å². The topological polar surface area (TPSA) is 41.5 Å². The molecule has 3 aromatic carbocycles. The molecular formula is C24H21BrN2O. The summed E-state index contributed by atoms with van der Waals surface area (Å²) >= 11 is 3.47. The van der Waals surface area contributed by atoms with E-state index < -0.39 is 0 Å². The lowest BCUT2D eigenvalue weighted by Gasteiger charge is -2.18. The average Bonchev–Trinajstić information content (AvgIpc) is 3.50. The molecule has 4 heteroatoms. The van der Waals surface area contributed by atoms with Gasteiger partial charge in [-0.3, -0.25) is 4.79 Å². The minimum absolute atomic E-state index is 0.0398. The number of carbonyl (C=O) groups is 1. The zero-order valence-corrected chi connectivity index (χ0v) is 17.2. The monoisotopic (exact) mass is 432 g/mol. The largest absolute Gasteiger partial charge is 0.273 e. The second-order valence-electron chi connectivity index (χ2n) is 7.14. The molecule has 4 rings (SSSR count). The second kappa shape index (κ2) is 7.72. The summed E-state index contributed by atoms with van der Waals surface area (Å²) in [7, 11) is 0.